The zero-order valence-electron chi connectivity index (χ0n) is 15.5. The molecule has 0 aliphatic carbocycles. The van der Waals surface area contributed by atoms with Crippen molar-refractivity contribution in [2.75, 3.05) is 0 Å². The Bertz CT molecular complexity index is 1130. The van der Waals surface area contributed by atoms with Crippen LogP contribution in [-0.4, -0.2) is 21.7 Å². The predicted molar refractivity (Wildman–Crippen MR) is 112 cm³/mol. The van der Waals surface area contributed by atoms with E-state index in [1.54, 1.807) is 6.21 Å². The number of carbonyl (C=O) groups excluding carboxylic acids is 1. The Kier molecular flexibility index (Phi) is 4.97. The van der Waals surface area contributed by atoms with Gasteiger partial charge in [-0.2, -0.15) is 5.10 Å². The predicted octanol–water partition coefficient (Wildman–Crippen LogP) is 3.93. The van der Waals surface area contributed by atoms with Gasteiger partial charge in [-0.15, -0.1) is 0 Å². The summed E-state index contributed by atoms with van der Waals surface area (Å²) in [6.07, 6.45) is 1.82. The molecule has 0 spiro atoms. The van der Waals surface area contributed by atoms with Gasteiger partial charge in [-0.1, -0.05) is 66.7 Å². The highest BCUT2D eigenvalue weighted by atomic mass is 16.2. The van der Waals surface area contributed by atoms with Gasteiger partial charge < -0.3 is 4.57 Å². The number of fused-ring (bicyclic) bond motifs is 1. The van der Waals surface area contributed by atoms with Crippen LogP contribution < -0.4 is 5.43 Å². The number of carbonyl (C=O) groups is 1. The highest BCUT2D eigenvalue weighted by Crippen LogP contribution is 2.18. The van der Waals surface area contributed by atoms with Crippen molar-refractivity contribution >= 4 is 23.2 Å². The number of aryl methyl sites for hydroxylation is 1. The van der Waals surface area contributed by atoms with Gasteiger partial charge in [0.05, 0.1) is 23.7 Å². The third-order valence-corrected chi connectivity index (χ3v) is 4.62. The number of nitrogens with zero attached hydrogens (tertiary/aromatic N) is 3. The molecule has 5 heteroatoms. The molecule has 138 valence electrons. The molecule has 4 rings (SSSR count). The van der Waals surface area contributed by atoms with Crippen LogP contribution in [0.1, 0.15) is 11.4 Å². The monoisotopic (exact) mass is 368 g/mol. The number of aromatic nitrogens is 2. The topological polar surface area (TPSA) is 59.3 Å². The first kappa shape index (κ1) is 17.7. The fourth-order valence-corrected chi connectivity index (χ4v) is 3.11. The number of hydrazone groups is 1. The van der Waals surface area contributed by atoms with Crippen molar-refractivity contribution in [3.05, 3.63) is 90.3 Å². The molecule has 0 radical (unpaired) electrons. The van der Waals surface area contributed by atoms with Crippen LogP contribution in [0.3, 0.4) is 0 Å². The Labute approximate surface area is 163 Å². The van der Waals surface area contributed by atoms with E-state index in [0.717, 1.165) is 22.2 Å². The minimum atomic E-state index is -0.199. The highest BCUT2D eigenvalue weighted by molar-refractivity contribution is 5.84. The first-order chi connectivity index (χ1) is 13.7. The van der Waals surface area contributed by atoms with Crippen LogP contribution in [0.25, 0.3) is 22.2 Å². The molecule has 0 saturated heterocycles. The Morgan fingerprint density at radius 2 is 1.64 bits per heavy atom. The molecule has 1 N–H and O–H groups in total. The summed E-state index contributed by atoms with van der Waals surface area (Å²) in [4.78, 5) is 16.7. The van der Waals surface area contributed by atoms with E-state index >= 15 is 0 Å². The Morgan fingerprint density at radius 3 is 2.39 bits per heavy atom. The van der Waals surface area contributed by atoms with E-state index in [2.05, 4.69) is 27.6 Å². The third-order valence-electron chi connectivity index (χ3n) is 4.62. The van der Waals surface area contributed by atoms with Gasteiger partial charge in [0.1, 0.15) is 5.82 Å². The lowest BCUT2D eigenvalue weighted by Crippen LogP contribution is -2.21. The molecule has 3 aromatic carbocycles. The van der Waals surface area contributed by atoms with Crippen LogP contribution in [0, 0.1) is 0 Å². The minimum absolute atomic E-state index is 0.176. The number of benzene rings is 3. The van der Waals surface area contributed by atoms with Gasteiger partial charge in [0.15, 0.2) is 0 Å². The molecule has 0 fully saturated rings. The van der Waals surface area contributed by atoms with Crippen LogP contribution in [0.15, 0.2) is 84.0 Å². The second-order valence-corrected chi connectivity index (χ2v) is 6.53. The normalized spacial score (nSPS) is 11.2. The third kappa shape index (κ3) is 3.83. The summed E-state index contributed by atoms with van der Waals surface area (Å²) in [6, 6.07) is 26.0. The molecular formula is C23H20N4O. The van der Waals surface area contributed by atoms with E-state index in [-0.39, 0.29) is 12.3 Å². The van der Waals surface area contributed by atoms with E-state index in [4.69, 9.17) is 0 Å². The van der Waals surface area contributed by atoms with Crippen LogP contribution >= 0.6 is 0 Å². The zero-order valence-corrected chi connectivity index (χ0v) is 15.5. The largest absolute Gasteiger partial charge is 0.331 e. The smallest absolute Gasteiger partial charge is 0.247 e. The van der Waals surface area contributed by atoms with Crippen molar-refractivity contribution in [2.45, 2.75) is 6.42 Å². The molecule has 1 heterocycles. The van der Waals surface area contributed by atoms with E-state index in [9.17, 15) is 4.79 Å². The van der Waals surface area contributed by atoms with E-state index in [1.807, 2.05) is 78.3 Å². The average molecular weight is 368 g/mol. The maximum atomic E-state index is 12.2. The molecule has 0 unspecified atom stereocenters. The van der Waals surface area contributed by atoms with E-state index in [1.165, 1.54) is 5.56 Å². The Hall–Kier alpha value is -3.73. The fourth-order valence-electron chi connectivity index (χ4n) is 3.11. The molecular weight excluding hydrogens is 348 g/mol. The molecule has 1 aromatic heterocycles. The van der Waals surface area contributed by atoms with Gasteiger partial charge in [0.2, 0.25) is 5.91 Å². The number of nitrogens with one attached hydrogen (secondary N) is 1. The quantitative estimate of drug-likeness (QED) is 0.429. The van der Waals surface area contributed by atoms with Crippen molar-refractivity contribution in [3.63, 3.8) is 0 Å². The van der Waals surface area contributed by atoms with Gasteiger partial charge in [-0.25, -0.2) is 10.4 Å². The van der Waals surface area contributed by atoms with Gasteiger partial charge in [0, 0.05) is 7.05 Å². The van der Waals surface area contributed by atoms with E-state index in [0.29, 0.717) is 5.82 Å². The van der Waals surface area contributed by atoms with Crippen molar-refractivity contribution in [3.8, 4) is 11.1 Å². The molecule has 0 aliphatic heterocycles. The first-order valence-electron chi connectivity index (χ1n) is 9.08. The average Bonchev–Trinajstić information content (AvgIpc) is 3.05. The standard InChI is InChI=1S/C23H20N4O/c1-27-21-10-6-5-9-20(21)25-22(27)15-23(28)26-24-16-17-11-13-19(14-12-17)18-7-3-2-4-8-18/h2-14,16H,15H2,1H3,(H,26,28)/b24-16+. The summed E-state index contributed by atoms with van der Waals surface area (Å²) in [7, 11) is 1.91. The summed E-state index contributed by atoms with van der Waals surface area (Å²) in [6.45, 7) is 0. The molecule has 28 heavy (non-hydrogen) atoms. The number of imidazole rings is 1. The zero-order chi connectivity index (χ0) is 19.3. The second-order valence-electron chi connectivity index (χ2n) is 6.53. The second kappa shape index (κ2) is 7.88. The Morgan fingerprint density at radius 1 is 0.964 bits per heavy atom. The van der Waals surface area contributed by atoms with Crippen LogP contribution in [0.5, 0.6) is 0 Å². The van der Waals surface area contributed by atoms with Crippen LogP contribution in [-0.2, 0) is 18.3 Å². The molecule has 0 aliphatic rings. The number of para-hydroxylation sites is 2. The first-order valence-corrected chi connectivity index (χ1v) is 9.08. The summed E-state index contributed by atoms with van der Waals surface area (Å²) >= 11 is 0. The molecule has 5 nitrogen and oxygen atoms in total. The van der Waals surface area contributed by atoms with Crippen molar-refractivity contribution in [2.24, 2.45) is 12.1 Å². The lowest BCUT2D eigenvalue weighted by Gasteiger charge is -2.02. The molecule has 0 saturated carbocycles. The Balaban J connectivity index is 1.37. The fraction of sp³-hybridized carbons (Fsp3) is 0.0870. The summed E-state index contributed by atoms with van der Waals surface area (Å²) in [5.74, 6) is 0.511. The highest BCUT2D eigenvalue weighted by Gasteiger charge is 2.10. The minimum Gasteiger partial charge on any atom is -0.331 e. The molecule has 1 amide bonds. The molecule has 0 atom stereocenters. The molecule has 0 bridgehead atoms. The maximum Gasteiger partial charge on any atom is 0.247 e. The van der Waals surface area contributed by atoms with Gasteiger partial charge in [-0.3, -0.25) is 4.79 Å². The van der Waals surface area contributed by atoms with Crippen molar-refractivity contribution in [1.29, 1.82) is 0 Å². The van der Waals surface area contributed by atoms with Crippen molar-refractivity contribution in [1.82, 2.24) is 15.0 Å². The lowest BCUT2D eigenvalue weighted by atomic mass is 10.0. The van der Waals surface area contributed by atoms with Gasteiger partial charge >= 0.3 is 0 Å². The van der Waals surface area contributed by atoms with E-state index < -0.39 is 0 Å². The molecule has 4 aromatic rings. The number of hydrogen-bond acceptors (Lipinski definition) is 3. The SMILES string of the molecule is Cn1c(CC(=O)N/N=C/c2ccc(-c3ccccc3)cc2)nc2ccccc21. The van der Waals surface area contributed by atoms with Gasteiger partial charge in [0.25, 0.3) is 0 Å². The van der Waals surface area contributed by atoms with Crippen molar-refractivity contribution < 1.29 is 4.79 Å². The summed E-state index contributed by atoms with van der Waals surface area (Å²) in [5.41, 5.74) is 7.70. The number of rotatable bonds is 5. The lowest BCUT2D eigenvalue weighted by molar-refractivity contribution is -0.120. The van der Waals surface area contributed by atoms with Gasteiger partial charge in [-0.05, 0) is 28.8 Å². The van der Waals surface area contributed by atoms with Crippen LogP contribution in [0.4, 0.5) is 0 Å². The van der Waals surface area contributed by atoms with Crippen LogP contribution in [0.2, 0.25) is 0 Å². The summed E-state index contributed by atoms with van der Waals surface area (Å²) in [5, 5.41) is 4.06. The number of amides is 1. The summed E-state index contributed by atoms with van der Waals surface area (Å²) < 4.78 is 1.93. The maximum absolute atomic E-state index is 12.2. The number of hydrogen-bond donors (Lipinski definition) is 1.